The Bertz CT molecular complexity index is 1030. The van der Waals surface area contributed by atoms with Crippen LogP contribution in [-0.2, 0) is 16.6 Å². The van der Waals surface area contributed by atoms with E-state index in [1.54, 1.807) is 12.1 Å². The first-order valence-corrected chi connectivity index (χ1v) is 9.47. The van der Waals surface area contributed by atoms with Crippen LogP contribution in [0.25, 0.3) is 0 Å². The molecule has 1 aromatic heterocycles. The fraction of sp³-hybridized carbons (Fsp3) is 0.105. The Kier molecular flexibility index (Phi) is 5.27. The molecule has 0 aliphatic heterocycles. The molecule has 1 amide bonds. The van der Waals surface area contributed by atoms with Crippen LogP contribution in [-0.4, -0.2) is 21.4 Å². The van der Waals surface area contributed by atoms with Crippen LogP contribution in [0.3, 0.4) is 0 Å². The van der Waals surface area contributed by atoms with E-state index in [1.807, 2.05) is 0 Å². The zero-order valence-corrected chi connectivity index (χ0v) is 15.2. The molecule has 0 unspecified atom stereocenters. The van der Waals surface area contributed by atoms with E-state index in [2.05, 4.69) is 5.32 Å². The standard InChI is InChI=1S/C19H17FN2O4S/c1-22(16-9-7-15(20)8-10-16)27(24,25)18-6-2-4-14(12-18)19(23)21-13-17-5-3-11-26-17/h2-12H,13H2,1H3,(H,21,23). The largest absolute Gasteiger partial charge is 0.467 e. The number of sulfonamides is 1. The Balaban J connectivity index is 1.80. The topological polar surface area (TPSA) is 79.6 Å². The van der Waals surface area contributed by atoms with Gasteiger partial charge in [-0.1, -0.05) is 6.07 Å². The lowest BCUT2D eigenvalue weighted by atomic mass is 10.2. The third kappa shape index (κ3) is 4.17. The molecule has 0 aliphatic rings. The highest BCUT2D eigenvalue weighted by molar-refractivity contribution is 7.92. The number of hydrogen-bond acceptors (Lipinski definition) is 4. The van der Waals surface area contributed by atoms with Crippen LogP contribution in [0.15, 0.2) is 76.2 Å². The summed E-state index contributed by atoms with van der Waals surface area (Å²) in [5.74, 6) is -0.296. The monoisotopic (exact) mass is 388 g/mol. The van der Waals surface area contributed by atoms with Crippen molar-refractivity contribution in [2.75, 3.05) is 11.4 Å². The number of nitrogens with one attached hydrogen (secondary N) is 1. The van der Waals surface area contributed by atoms with Crippen molar-refractivity contribution in [3.8, 4) is 0 Å². The summed E-state index contributed by atoms with van der Waals surface area (Å²) >= 11 is 0. The van der Waals surface area contributed by atoms with E-state index in [0.29, 0.717) is 11.4 Å². The SMILES string of the molecule is CN(c1ccc(F)cc1)S(=O)(=O)c1cccc(C(=O)NCc2ccco2)c1. The number of furan rings is 1. The Morgan fingerprint density at radius 3 is 2.52 bits per heavy atom. The minimum absolute atomic E-state index is 0.0417. The van der Waals surface area contributed by atoms with Gasteiger partial charge in [0.25, 0.3) is 15.9 Å². The van der Waals surface area contributed by atoms with Crippen LogP contribution in [0.5, 0.6) is 0 Å². The van der Waals surface area contributed by atoms with Crippen LogP contribution in [0, 0.1) is 5.82 Å². The van der Waals surface area contributed by atoms with Crippen LogP contribution >= 0.6 is 0 Å². The maximum atomic E-state index is 13.1. The molecular weight excluding hydrogens is 371 g/mol. The summed E-state index contributed by atoms with van der Waals surface area (Å²) in [5.41, 5.74) is 0.513. The highest BCUT2D eigenvalue weighted by Gasteiger charge is 2.22. The highest BCUT2D eigenvalue weighted by atomic mass is 32.2. The van der Waals surface area contributed by atoms with E-state index in [1.165, 1.54) is 61.8 Å². The second-order valence-electron chi connectivity index (χ2n) is 5.74. The predicted molar refractivity (Wildman–Crippen MR) is 98.3 cm³/mol. The van der Waals surface area contributed by atoms with Gasteiger partial charge in [0.1, 0.15) is 11.6 Å². The predicted octanol–water partition coefficient (Wildman–Crippen LogP) is 3.17. The second kappa shape index (κ2) is 7.63. The van der Waals surface area contributed by atoms with Gasteiger partial charge >= 0.3 is 0 Å². The van der Waals surface area contributed by atoms with Crippen molar-refractivity contribution in [2.45, 2.75) is 11.4 Å². The summed E-state index contributed by atoms with van der Waals surface area (Å²) in [7, 11) is -2.54. The van der Waals surface area contributed by atoms with Crippen molar-refractivity contribution in [1.82, 2.24) is 5.32 Å². The van der Waals surface area contributed by atoms with E-state index in [-0.39, 0.29) is 17.0 Å². The first kappa shape index (κ1) is 18.7. The number of carbonyl (C=O) groups is 1. The summed E-state index contributed by atoms with van der Waals surface area (Å²) in [6.45, 7) is 0.193. The van der Waals surface area contributed by atoms with Gasteiger partial charge in [0.05, 0.1) is 23.4 Å². The number of halogens is 1. The first-order chi connectivity index (χ1) is 12.9. The van der Waals surface area contributed by atoms with Crippen molar-refractivity contribution in [1.29, 1.82) is 0 Å². The van der Waals surface area contributed by atoms with E-state index in [9.17, 15) is 17.6 Å². The molecule has 0 aliphatic carbocycles. The lowest BCUT2D eigenvalue weighted by molar-refractivity contribution is 0.0948. The molecule has 1 N–H and O–H groups in total. The van der Waals surface area contributed by atoms with E-state index >= 15 is 0 Å². The molecule has 0 atom stereocenters. The lowest BCUT2D eigenvalue weighted by Crippen LogP contribution is -2.27. The number of rotatable bonds is 6. The van der Waals surface area contributed by atoms with Gasteiger partial charge in [-0.15, -0.1) is 0 Å². The lowest BCUT2D eigenvalue weighted by Gasteiger charge is -2.19. The molecule has 3 aromatic rings. The van der Waals surface area contributed by atoms with Gasteiger partial charge in [-0.05, 0) is 54.6 Å². The van der Waals surface area contributed by atoms with E-state index in [4.69, 9.17) is 4.42 Å². The minimum atomic E-state index is -3.91. The number of nitrogens with zero attached hydrogens (tertiary/aromatic N) is 1. The molecule has 6 nitrogen and oxygen atoms in total. The van der Waals surface area contributed by atoms with Crippen molar-refractivity contribution in [3.63, 3.8) is 0 Å². The highest BCUT2D eigenvalue weighted by Crippen LogP contribution is 2.23. The first-order valence-electron chi connectivity index (χ1n) is 8.03. The van der Waals surface area contributed by atoms with E-state index < -0.39 is 21.7 Å². The molecule has 8 heteroatoms. The Hall–Kier alpha value is -3.13. The summed E-state index contributed by atoms with van der Waals surface area (Å²) < 4.78 is 44.9. The average molecular weight is 388 g/mol. The van der Waals surface area contributed by atoms with Crippen LogP contribution in [0.4, 0.5) is 10.1 Å². The molecule has 1 heterocycles. The molecular formula is C19H17FN2O4S. The number of anilines is 1. The fourth-order valence-electron chi connectivity index (χ4n) is 2.43. The summed E-state index contributed by atoms with van der Waals surface area (Å²) in [4.78, 5) is 12.3. The number of amides is 1. The van der Waals surface area contributed by atoms with Crippen molar-refractivity contribution in [3.05, 3.63) is 84.1 Å². The molecule has 0 fully saturated rings. The number of hydrogen-bond donors (Lipinski definition) is 1. The zero-order valence-electron chi connectivity index (χ0n) is 14.4. The van der Waals surface area contributed by atoms with Gasteiger partial charge in [0, 0.05) is 12.6 Å². The molecule has 0 saturated carbocycles. The molecule has 0 radical (unpaired) electrons. The Labute approximate surface area is 156 Å². The maximum Gasteiger partial charge on any atom is 0.264 e. The van der Waals surface area contributed by atoms with Gasteiger partial charge in [-0.3, -0.25) is 9.10 Å². The average Bonchev–Trinajstić information content (AvgIpc) is 3.20. The van der Waals surface area contributed by atoms with Crippen molar-refractivity contribution < 1.29 is 22.0 Å². The second-order valence-corrected chi connectivity index (χ2v) is 7.71. The fourth-order valence-corrected chi connectivity index (χ4v) is 3.67. The molecule has 27 heavy (non-hydrogen) atoms. The van der Waals surface area contributed by atoms with Gasteiger partial charge in [-0.25, -0.2) is 12.8 Å². The van der Waals surface area contributed by atoms with Crippen molar-refractivity contribution >= 4 is 21.6 Å². The molecule has 140 valence electrons. The van der Waals surface area contributed by atoms with Gasteiger partial charge in [0.15, 0.2) is 0 Å². The number of benzene rings is 2. The number of carbonyl (C=O) groups excluding carboxylic acids is 1. The van der Waals surface area contributed by atoms with Crippen molar-refractivity contribution in [2.24, 2.45) is 0 Å². The van der Waals surface area contributed by atoms with Crippen LogP contribution in [0.2, 0.25) is 0 Å². The van der Waals surface area contributed by atoms with E-state index in [0.717, 1.165) is 4.31 Å². The van der Waals surface area contributed by atoms with Gasteiger partial charge in [0.2, 0.25) is 0 Å². The zero-order chi connectivity index (χ0) is 19.4. The van der Waals surface area contributed by atoms with Gasteiger partial charge < -0.3 is 9.73 Å². The summed E-state index contributed by atoms with van der Waals surface area (Å²) in [6, 6.07) is 14.2. The van der Waals surface area contributed by atoms with Gasteiger partial charge in [-0.2, -0.15) is 0 Å². The quantitative estimate of drug-likeness (QED) is 0.703. The summed E-state index contributed by atoms with van der Waals surface area (Å²) in [6.07, 6.45) is 1.50. The molecule has 3 rings (SSSR count). The smallest absolute Gasteiger partial charge is 0.264 e. The molecule has 0 bridgehead atoms. The third-order valence-electron chi connectivity index (χ3n) is 3.95. The summed E-state index contributed by atoms with van der Waals surface area (Å²) in [5, 5.41) is 2.66. The van der Waals surface area contributed by atoms with Crippen LogP contribution < -0.4 is 9.62 Å². The Morgan fingerprint density at radius 1 is 1.11 bits per heavy atom. The molecule has 0 saturated heterocycles. The third-order valence-corrected chi connectivity index (χ3v) is 5.73. The molecule has 0 spiro atoms. The maximum absolute atomic E-state index is 13.1. The molecule has 2 aromatic carbocycles. The Morgan fingerprint density at radius 2 is 1.85 bits per heavy atom. The minimum Gasteiger partial charge on any atom is -0.467 e. The van der Waals surface area contributed by atoms with Crippen LogP contribution in [0.1, 0.15) is 16.1 Å². The normalized spacial score (nSPS) is 11.2.